The van der Waals surface area contributed by atoms with Crippen molar-refractivity contribution >= 4 is 0 Å². The van der Waals surface area contributed by atoms with E-state index in [0.29, 0.717) is 24.8 Å². The van der Waals surface area contributed by atoms with Crippen LogP contribution < -0.4 is 0 Å². The molecule has 1 aromatic rings. The molecule has 0 nitrogen and oxygen atoms in total. The van der Waals surface area contributed by atoms with Crippen LogP contribution in [0.25, 0.3) is 0 Å². The lowest BCUT2D eigenvalue weighted by molar-refractivity contribution is -0.138. The maximum absolute atomic E-state index is 13.1. The third kappa shape index (κ3) is 3.06. The van der Waals surface area contributed by atoms with Gasteiger partial charge in [-0.1, -0.05) is 39.8 Å². The Morgan fingerprint density at radius 1 is 1.17 bits per heavy atom. The van der Waals surface area contributed by atoms with E-state index in [1.54, 1.807) is 6.07 Å². The number of halogens is 3. The zero-order valence-corrected chi connectivity index (χ0v) is 11.2. The summed E-state index contributed by atoms with van der Waals surface area (Å²) < 4.78 is 39.4. The van der Waals surface area contributed by atoms with Gasteiger partial charge in [-0.2, -0.15) is 13.2 Å². The second-order valence-corrected chi connectivity index (χ2v) is 5.18. The lowest BCUT2D eigenvalue weighted by Gasteiger charge is -2.30. The molecule has 0 amide bonds. The van der Waals surface area contributed by atoms with E-state index >= 15 is 0 Å². The lowest BCUT2D eigenvalue weighted by atomic mass is 9.76. The van der Waals surface area contributed by atoms with Crippen molar-refractivity contribution in [3.8, 4) is 0 Å². The molecule has 0 aliphatic heterocycles. The van der Waals surface area contributed by atoms with Crippen molar-refractivity contribution in [1.82, 2.24) is 0 Å². The minimum Gasteiger partial charge on any atom is -0.166 e. The summed E-state index contributed by atoms with van der Waals surface area (Å²) >= 11 is 0. The molecule has 0 aliphatic carbocycles. The van der Waals surface area contributed by atoms with Gasteiger partial charge in [-0.25, -0.2) is 0 Å². The maximum atomic E-state index is 13.1. The van der Waals surface area contributed by atoms with Crippen molar-refractivity contribution in [1.29, 1.82) is 0 Å². The van der Waals surface area contributed by atoms with Gasteiger partial charge in [-0.05, 0) is 41.9 Å². The summed E-state index contributed by atoms with van der Waals surface area (Å²) in [6, 6.07) is 4.45. The summed E-state index contributed by atoms with van der Waals surface area (Å²) in [4.78, 5) is 0. The Bertz CT molecular complexity index is 403. The van der Waals surface area contributed by atoms with Gasteiger partial charge in [0, 0.05) is 0 Å². The van der Waals surface area contributed by atoms with Gasteiger partial charge in [-0.3, -0.25) is 0 Å². The van der Waals surface area contributed by atoms with E-state index in [1.165, 1.54) is 12.1 Å². The summed E-state index contributed by atoms with van der Waals surface area (Å²) in [7, 11) is 0. The Balaban J connectivity index is 3.49. The van der Waals surface area contributed by atoms with Crippen molar-refractivity contribution in [2.45, 2.75) is 51.6 Å². The summed E-state index contributed by atoms with van der Waals surface area (Å²) in [5.74, 6) is 0. The number of hydrogen-bond acceptors (Lipinski definition) is 0. The van der Waals surface area contributed by atoms with Crippen LogP contribution >= 0.6 is 0 Å². The second kappa shape index (κ2) is 5.33. The highest BCUT2D eigenvalue weighted by atomic mass is 19.4. The lowest BCUT2D eigenvalue weighted by Crippen LogP contribution is -2.24. The topological polar surface area (TPSA) is 0 Å². The van der Waals surface area contributed by atoms with Crippen molar-refractivity contribution in [2.24, 2.45) is 0 Å². The average Bonchev–Trinajstić information content (AvgIpc) is 2.28. The Morgan fingerprint density at radius 2 is 1.78 bits per heavy atom. The highest BCUT2D eigenvalue weighted by Gasteiger charge is 2.38. The van der Waals surface area contributed by atoms with Crippen LogP contribution in [0, 0.1) is 6.92 Å². The molecule has 0 unspecified atom stereocenters. The van der Waals surface area contributed by atoms with Crippen LogP contribution in [-0.4, -0.2) is 0 Å². The fraction of sp³-hybridized carbons (Fsp3) is 0.533. The number of hydrogen-bond donors (Lipinski definition) is 0. The van der Waals surface area contributed by atoms with Gasteiger partial charge < -0.3 is 0 Å². The zero-order valence-electron chi connectivity index (χ0n) is 11.2. The quantitative estimate of drug-likeness (QED) is 0.699. The van der Waals surface area contributed by atoms with Crippen LogP contribution in [0.3, 0.4) is 0 Å². The fourth-order valence-electron chi connectivity index (χ4n) is 2.21. The first-order valence-corrected chi connectivity index (χ1v) is 6.23. The molecule has 1 aromatic carbocycles. The first-order valence-electron chi connectivity index (χ1n) is 6.23. The van der Waals surface area contributed by atoms with Crippen molar-refractivity contribution in [3.05, 3.63) is 41.8 Å². The molecule has 0 saturated heterocycles. The van der Waals surface area contributed by atoms with Crippen molar-refractivity contribution in [3.63, 3.8) is 0 Å². The van der Waals surface area contributed by atoms with E-state index in [1.807, 2.05) is 20.8 Å². The van der Waals surface area contributed by atoms with Crippen LogP contribution in [0.15, 0.2) is 18.2 Å². The molecule has 0 N–H and O–H groups in total. The maximum Gasteiger partial charge on any atom is 0.416 e. The van der Waals surface area contributed by atoms with Gasteiger partial charge in [0.05, 0.1) is 5.56 Å². The number of rotatable bonds is 4. The molecule has 0 bridgehead atoms. The molecule has 0 aliphatic rings. The summed E-state index contributed by atoms with van der Waals surface area (Å²) in [6.45, 7) is 9.39. The van der Waals surface area contributed by atoms with Gasteiger partial charge in [-0.15, -0.1) is 0 Å². The van der Waals surface area contributed by atoms with Gasteiger partial charge in [0.15, 0.2) is 0 Å². The molecule has 3 heteroatoms. The molecule has 18 heavy (non-hydrogen) atoms. The third-order valence-electron chi connectivity index (χ3n) is 3.46. The monoisotopic (exact) mass is 257 g/mol. The average molecular weight is 257 g/mol. The van der Waals surface area contributed by atoms with Crippen LogP contribution in [0.1, 0.15) is 50.3 Å². The van der Waals surface area contributed by atoms with Gasteiger partial charge in [0.2, 0.25) is 0 Å². The molecular weight excluding hydrogens is 237 g/mol. The standard InChI is InChI=1S/C15H20F3/c1-5-8-11-9-7-10-12(15(16,17)18)13(11)14(3,4)6-2/h7,9-10H,1,5-6,8H2,2-4H3. The van der Waals surface area contributed by atoms with E-state index in [9.17, 15) is 13.2 Å². The van der Waals surface area contributed by atoms with Crippen molar-refractivity contribution in [2.75, 3.05) is 0 Å². The molecule has 0 aromatic heterocycles. The van der Waals surface area contributed by atoms with E-state index in [4.69, 9.17) is 0 Å². The van der Waals surface area contributed by atoms with E-state index in [-0.39, 0.29) is 0 Å². The fourth-order valence-corrected chi connectivity index (χ4v) is 2.21. The molecule has 0 saturated carbocycles. The SMILES string of the molecule is [CH2]CCc1cccc(C(F)(F)F)c1C(C)(C)CC. The van der Waals surface area contributed by atoms with E-state index in [2.05, 4.69) is 6.92 Å². The molecular formula is C15H20F3. The van der Waals surface area contributed by atoms with Crippen LogP contribution in [0.2, 0.25) is 0 Å². The summed E-state index contributed by atoms with van der Waals surface area (Å²) in [5, 5.41) is 0. The van der Waals surface area contributed by atoms with Crippen molar-refractivity contribution < 1.29 is 13.2 Å². The van der Waals surface area contributed by atoms with Gasteiger partial charge in [0.25, 0.3) is 0 Å². The number of benzene rings is 1. The molecule has 0 heterocycles. The Morgan fingerprint density at radius 3 is 2.22 bits per heavy atom. The van der Waals surface area contributed by atoms with Gasteiger partial charge >= 0.3 is 6.18 Å². The molecule has 1 rings (SSSR count). The Hall–Kier alpha value is -0.990. The normalized spacial score (nSPS) is 12.8. The van der Waals surface area contributed by atoms with E-state index < -0.39 is 17.2 Å². The highest BCUT2D eigenvalue weighted by Crippen LogP contribution is 2.41. The minimum absolute atomic E-state index is 0.434. The summed E-state index contributed by atoms with van der Waals surface area (Å²) in [5.41, 5.74) is 0.229. The predicted molar refractivity (Wildman–Crippen MR) is 68.4 cm³/mol. The largest absolute Gasteiger partial charge is 0.416 e. The molecule has 0 atom stereocenters. The smallest absolute Gasteiger partial charge is 0.166 e. The molecule has 0 spiro atoms. The number of alkyl halides is 3. The highest BCUT2D eigenvalue weighted by molar-refractivity contribution is 5.42. The molecule has 1 radical (unpaired) electrons. The minimum atomic E-state index is -4.29. The Kier molecular flexibility index (Phi) is 4.46. The summed E-state index contributed by atoms with van der Waals surface area (Å²) in [6.07, 6.45) is -2.43. The Labute approximate surface area is 107 Å². The first-order chi connectivity index (χ1) is 8.24. The van der Waals surface area contributed by atoms with Crippen LogP contribution in [0.4, 0.5) is 13.2 Å². The zero-order chi connectivity index (χ0) is 14.0. The van der Waals surface area contributed by atoms with Crippen LogP contribution in [-0.2, 0) is 18.0 Å². The van der Waals surface area contributed by atoms with Crippen LogP contribution in [0.5, 0.6) is 0 Å². The predicted octanol–water partition coefficient (Wildman–Crippen LogP) is 5.16. The van der Waals surface area contributed by atoms with Gasteiger partial charge in [0.1, 0.15) is 0 Å². The van der Waals surface area contributed by atoms with E-state index in [0.717, 1.165) is 5.56 Å². The number of aryl methyl sites for hydroxylation is 1. The molecule has 0 fully saturated rings. The molecule has 101 valence electrons. The second-order valence-electron chi connectivity index (χ2n) is 5.18. The third-order valence-corrected chi connectivity index (χ3v) is 3.46. The first kappa shape index (κ1) is 15.1.